The monoisotopic (exact) mass is 628 g/mol. The molecule has 2 aliphatic heterocycles. The largest absolute Gasteiger partial charge is 0.490 e. The van der Waals surface area contributed by atoms with E-state index in [2.05, 4.69) is 21.8 Å². The quantitative estimate of drug-likeness (QED) is 0.416. The van der Waals surface area contributed by atoms with E-state index < -0.39 is 21.2 Å². The average Bonchev–Trinajstić information content (AvgIpc) is 3.11. The number of amides is 1. The van der Waals surface area contributed by atoms with Gasteiger partial charge >= 0.3 is 0 Å². The van der Waals surface area contributed by atoms with Crippen molar-refractivity contribution in [2.75, 3.05) is 38.3 Å². The highest BCUT2D eigenvalue weighted by atomic mass is 35.5. The number of hydrogen-bond acceptors (Lipinski definition) is 6. The molecule has 1 fully saturated rings. The number of rotatable bonds is 2. The van der Waals surface area contributed by atoms with Gasteiger partial charge in [-0.25, -0.2) is 13.1 Å². The van der Waals surface area contributed by atoms with E-state index in [1.54, 1.807) is 20.1 Å². The van der Waals surface area contributed by atoms with E-state index in [9.17, 15) is 13.2 Å². The van der Waals surface area contributed by atoms with Crippen molar-refractivity contribution in [3.63, 3.8) is 0 Å². The first-order chi connectivity index (χ1) is 20.6. The number of carbonyl (C=O) groups excluding carboxylic acids is 1. The van der Waals surface area contributed by atoms with Gasteiger partial charge in [0, 0.05) is 42.8 Å². The average molecular weight is 629 g/mol. The maximum absolute atomic E-state index is 13.4. The van der Waals surface area contributed by atoms with Gasteiger partial charge in [-0.15, -0.1) is 0 Å². The van der Waals surface area contributed by atoms with Crippen molar-refractivity contribution in [1.82, 2.24) is 4.72 Å². The SMILES string of the molecule is COC[C@@H]1CCCC(C)[C@@H](C)S(=O)(=O)NC(=O)c2ccc3c(c2)N(CC2CCC21)C[C@@]1(CCCc2cc(Cl)ccc21)CO3. The molecule has 0 radical (unpaired) electrons. The van der Waals surface area contributed by atoms with Crippen molar-refractivity contribution in [3.8, 4) is 5.75 Å². The molecular weight excluding hydrogens is 584 g/mol. The Morgan fingerprint density at radius 2 is 1.93 bits per heavy atom. The summed E-state index contributed by atoms with van der Waals surface area (Å²) in [4.78, 5) is 15.8. The number of aryl methyl sites for hydroxylation is 1. The first-order valence-corrected chi connectivity index (χ1v) is 17.9. The molecule has 0 aromatic heterocycles. The Bertz CT molecular complexity index is 1460. The molecule has 1 saturated carbocycles. The van der Waals surface area contributed by atoms with E-state index in [-0.39, 0.29) is 11.3 Å². The number of nitrogens with one attached hydrogen (secondary N) is 1. The zero-order valence-electron chi connectivity index (χ0n) is 25.6. The number of fused-ring (bicyclic) bond motifs is 4. The fourth-order valence-corrected chi connectivity index (χ4v) is 9.64. The topological polar surface area (TPSA) is 84.9 Å². The zero-order chi connectivity index (χ0) is 30.4. The maximum atomic E-state index is 13.4. The Labute approximate surface area is 261 Å². The van der Waals surface area contributed by atoms with Crippen molar-refractivity contribution in [3.05, 3.63) is 58.1 Å². The van der Waals surface area contributed by atoms with Crippen molar-refractivity contribution >= 4 is 33.2 Å². The number of sulfonamides is 1. The molecule has 3 unspecified atom stereocenters. The van der Waals surface area contributed by atoms with Gasteiger partial charge in [-0.1, -0.05) is 31.0 Å². The fraction of sp³-hybridized carbons (Fsp3) is 0.618. The summed E-state index contributed by atoms with van der Waals surface area (Å²) in [6.45, 7) is 6.58. The molecule has 1 N–H and O–H groups in total. The van der Waals surface area contributed by atoms with Crippen LogP contribution in [0.3, 0.4) is 0 Å². The number of hydrogen-bond donors (Lipinski definition) is 1. The highest BCUT2D eigenvalue weighted by Crippen LogP contribution is 2.48. The van der Waals surface area contributed by atoms with Crippen LogP contribution in [0.15, 0.2) is 36.4 Å². The predicted molar refractivity (Wildman–Crippen MR) is 171 cm³/mol. The lowest BCUT2D eigenvalue weighted by Crippen LogP contribution is -2.49. The number of benzene rings is 2. The smallest absolute Gasteiger partial charge is 0.264 e. The summed E-state index contributed by atoms with van der Waals surface area (Å²) < 4.78 is 41.3. The summed E-state index contributed by atoms with van der Waals surface area (Å²) in [5, 5.41) is 0.0801. The van der Waals surface area contributed by atoms with E-state index >= 15 is 0 Å². The minimum absolute atomic E-state index is 0.0704. The third kappa shape index (κ3) is 6.04. The van der Waals surface area contributed by atoms with Gasteiger partial charge in [0.25, 0.3) is 5.91 Å². The standard InChI is InChI=1S/C34H45ClN2O5S/c1-22-6-4-7-27(19-41-3)29-12-9-26(29)18-37-20-34(15-5-8-24-16-28(35)11-13-30(24)34)21-42-32-14-10-25(17-31(32)37)33(38)36-43(39,40)23(22)2/h10-11,13-14,16-17,22-23,26-27,29H,4-9,12,15,18-21H2,1-3H3,(H,36,38)/t22?,23-,26?,27+,29?,34+/m1/s1. The van der Waals surface area contributed by atoms with Crippen molar-refractivity contribution in [1.29, 1.82) is 0 Å². The lowest BCUT2D eigenvalue weighted by Gasteiger charge is -2.47. The number of carbonyl (C=O) groups is 1. The van der Waals surface area contributed by atoms with Crippen LogP contribution in [0.1, 0.15) is 80.3 Å². The van der Waals surface area contributed by atoms with Gasteiger partial charge < -0.3 is 14.4 Å². The molecule has 234 valence electrons. The van der Waals surface area contributed by atoms with Crippen molar-refractivity contribution in [2.24, 2.45) is 23.7 Å². The molecule has 2 aromatic rings. The van der Waals surface area contributed by atoms with Gasteiger partial charge in [0.1, 0.15) is 5.75 Å². The van der Waals surface area contributed by atoms with E-state index in [1.165, 1.54) is 24.0 Å². The third-order valence-corrected chi connectivity index (χ3v) is 13.1. The number of ether oxygens (including phenoxy) is 2. The minimum Gasteiger partial charge on any atom is -0.490 e. The molecule has 2 heterocycles. The first-order valence-electron chi connectivity index (χ1n) is 16.0. The van der Waals surface area contributed by atoms with Gasteiger partial charge in [-0.2, -0.15) is 0 Å². The molecule has 1 spiro atoms. The Balaban J connectivity index is 1.41. The summed E-state index contributed by atoms with van der Waals surface area (Å²) in [5.41, 5.74) is 3.58. The Kier molecular flexibility index (Phi) is 8.75. The van der Waals surface area contributed by atoms with E-state index in [0.29, 0.717) is 29.9 Å². The lowest BCUT2D eigenvalue weighted by atomic mass is 9.65. The van der Waals surface area contributed by atoms with E-state index in [1.807, 2.05) is 25.1 Å². The number of halogens is 1. The van der Waals surface area contributed by atoms with E-state index in [4.69, 9.17) is 21.1 Å². The maximum Gasteiger partial charge on any atom is 0.264 e. The molecule has 2 bridgehead atoms. The summed E-state index contributed by atoms with van der Waals surface area (Å²) in [5.74, 6) is 1.59. The molecule has 4 aliphatic rings. The Morgan fingerprint density at radius 1 is 1.09 bits per heavy atom. The summed E-state index contributed by atoms with van der Waals surface area (Å²) >= 11 is 6.42. The molecule has 2 aliphatic carbocycles. The van der Waals surface area contributed by atoms with Gasteiger partial charge in [0.2, 0.25) is 10.0 Å². The van der Waals surface area contributed by atoms with Crippen LogP contribution < -0.4 is 14.4 Å². The fourth-order valence-electron chi connectivity index (χ4n) is 8.14. The number of anilines is 1. The molecule has 1 amide bonds. The van der Waals surface area contributed by atoms with Crippen LogP contribution in [0, 0.1) is 23.7 Å². The molecule has 2 aromatic carbocycles. The van der Waals surface area contributed by atoms with Gasteiger partial charge in [0.05, 0.1) is 17.5 Å². The molecule has 9 heteroatoms. The van der Waals surface area contributed by atoms with Crippen LogP contribution in [0.4, 0.5) is 5.69 Å². The number of nitrogens with zero attached hydrogens (tertiary/aromatic N) is 1. The van der Waals surface area contributed by atoms with Crippen LogP contribution in [-0.4, -0.2) is 53.0 Å². The lowest BCUT2D eigenvalue weighted by molar-refractivity contribution is 0.0383. The Morgan fingerprint density at radius 3 is 2.70 bits per heavy atom. The van der Waals surface area contributed by atoms with Gasteiger partial charge in [-0.3, -0.25) is 4.79 Å². The second kappa shape index (κ2) is 12.2. The molecule has 7 nitrogen and oxygen atoms in total. The minimum atomic E-state index is -3.85. The molecule has 6 rings (SSSR count). The normalized spacial score (nSPS) is 32.4. The Hall–Kier alpha value is -2.29. The van der Waals surface area contributed by atoms with Crippen molar-refractivity contribution in [2.45, 2.75) is 75.9 Å². The van der Waals surface area contributed by atoms with Gasteiger partial charge in [-0.05, 0) is 117 Å². The van der Waals surface area contributed by atoms with Crippen LogP contribution in [0.5, 0.6) is 5.75 Å². The van der Waals surface area contributed by atoms with Gasteiger partial charge in [0.15, 0.2) is 0 Å². The van der Waals surface area contributed by atoms with Crippen LogP contribution in [-0.2, 0) is 26.6 Å². The molecule has 0 saturated heterocycles. The zero-order valence-corrected chi connectivity index (χ0v) is 27.2. The molecular formula is C34H45ClN2O5S. The molecule has 43 heavy (non-hydrogen) atoms. The number of methoxy groups -OCH3 is 1. The van der Waals surface area contributed by atoms with Crippen LogP contribution in [0.2, 0.25) is 5.02 Å². The van der Waals surface area contributed by atoms with E-state index in [0.717, 1.165) is 74.7 Å². The summed E-state index contributed by atoms with van der Waals surface area (Å²) in [7, 11) is -2.06. The summed E-state index contributed by atoms with van der Waals surface area (Å²) in [6, 6.07) is 11.6. The molecule has 6 atom stereocenters. The predicted octanol–water partition coefficient (Wildman–Crippen LogP) is 6.37. The second-order valence-corrected chi connectivity index (χ2v) is 16.1. The second-order valence-electron chi connectivity index (χ2n) is 13.6. The van der Waals surface area contributed by atoms with Crippen LogP contribution >= 0.6 is 11.6 Å². The highest BCUT2D eigenvalue weighted by molar-refractivity contribution is 7.90. The van der Waals surface area contributed by atoms with Crippen molar-refractivity contribution < 1.29 is 22.7 Å². The third-order valence-electron chi connectivity index (χ3n) is 11.0. The highest BCUT2D eigenvalue weighted by Gasteiger charge is 2.44. The first kappa shape index (κ1) is 30.7. The van der Waals surface area contributed by atoms with Crippen LogP contribution in [0.25, 0.3) is 0 Å². The summed E-state index contributed by atoms with van der Waals surface area (Å²) in [6.07, 6.45) is 8.18.